The minimum absolute atomic E-state index is 0.154. The minimum atomic E-state index is -3.62. The van der Waals surface area contributed by atoms with Crippen molar-refractivity contribution in [2.75, 3.05) is 26.2 Å². The highest BCUT2D eigenvalue weighted by molar-refractivity contribution is 9.10. The van der Waals surface area contributed by atoms with Crippen LogP contribution in [0.2, 0.25) is 5.02 Å². The Morgan fingerprint density at radius 1 is 1.11 bits per heavy atom. The van der Waals surface area contributed by atoms with Crippen molar-refractivity contribution in [1.29, 1.82) is 0 Å². The van der Waals surface area contributed by atoms with Gasteiger partial charge >= 0.3 is 6.03 Å². The molecule has 0 saturated carbocycles. The molecule has 0 bridgehead atoms. The highest BCUT2D eigenvalue weighted by atomic mass is 79.9. The summed E-state index contributed by atoms with van der Waals surface area (Å²) in [7, 11) is -3.62. The lowest BCUT2D eigenvalue weighted by Gasteiger charge is -2.34. The van der Waals surface area contributed by atoms with Crippen molar-refractivity contribution in [3.05, 3.63) is 63.6 Å². The average molecular weight is 487 g/mol. The Balaban J connectivity index is 1.59. The fraction of sp³-hybridized carbons (Fsp3) is 0.316. The molecule has 2 amide bonds. The summed E-state index contributed by atoms with van der Waals surface area (Å²) < 4.78 is 27.8. The van der Waals surface area contributed by atoms with Crippen LogP contribution in [0.4, 0.5) is 4.79 Å². The largest absolute Gasteiger partial charge is 0.331 e. The van der Waals surface area contributed by atoms with Crippen LogP contribution in [0.25, 0.3) is 0 Å². The van der Waals surface area contributed by atoms with Crippen LogP contribution in [0.15, 0.2) is 57.9 Å². The lowest BCUT2D eigenvalue weighted by Crippen LogP contribution is -2.53. The Bertz CT molecular complexity index is 962. The third-order valence-corrected chi connectivity index (χ3v) is 7.27. The standard InChI is InChI=1S/C19H21BrClN3O3S/c1-14(15-4-2-5-16(20)12-15)22-19(25)23-8-10-24(11-9-23)28(26,27)18-7-3-6-17(21)13-18/h2-7,12-14H,8-11H2,1H3,(H,22,25). The average Bonchev–Trinajstić information content (AvgIpc) is 2.68. The molecule has 1 N–H and O–H groups in total. The smallest absolute Gasteiger partial charge is 0.317 e. The third kappa shape index (κ3) is 4.86. The van der Waals surface area contributed by atoms with Crippen molar-refractivity contribution in [3.8, 4) is 0 Å². The van der Waals surface area contributed by atoms with Gasteiger partial charge in [-0.3, -0.25) is 0 Å². The highest BCUT2D eigenvalue weighted by Crippen LogP contribution is 2.22. The molecule has 1 heterocycles. The summed E-state index contributed by atoms with van der Waals surface area (Å²) in [5.74, 6) is 0. The fourth-order valence-electron chi connectivity index (χ4n) is 3.04. The van der Waals surface area contributed by atoms with Gasteiger partial charge in [0.05, 0.1) is 10.9 Å². The molecule has 1 aliphatic rings. The zero-order chi connectivity index (χ0) is 20.3. The zero-order valence-electron chi connectivity index (χ0n) is 15.3. The number of amides is 2. The summed E-state index contributed by atoms with van der Waals surface area (Å²) in [5, 5.41) is 3.34. The van der Waals surface area contributed by atoms with Crippen molar-refractivity contribution < 1.29 is 13.2 Å². The van der Waals surface area contributed by atoms with E-state index in [1.165, 1.54) is 16.4 Å². The first-order valence-corrected chi connectivity index (χ1v) is 11.4. The number of nitrogens with one attached hydrogen (secondary N) is 1. The van der Waals surface area contributed by atoms with E-state index in [-0.39, 0.29) is 30.1 Å². The van der Waals surface area contributed by atoms with E-state index in [9.17, 15) is 13.2 Å². The maximum absolute atomic E-state index is 12.8. The molecule has 9 heteroatoms. The van der Waals surface area contributed by atoms with E-state index < -0.39 is 10.0 Å². The summed E-state index contributed by atoms with van der Waals surface area (Å²) in [6.07, 6.45) is 0. The highest BCUT2D eigenvalue weighted by Gasteiger charge is 2.30. The van der Waals surface area contributed by atoms with E-state index in [1.807, 2.05) is 31.2 Å². The number of sulfonamides is 1. The molecule has 28 heavy (non-hydrogen) atoms. The molecule has 0 aliphatic carbocycles. The molecular formula is C19H21BrClN3O3S. The lowest BCUT2D eigenvalue weighted by molar-refractivity contribution is 0.169. The maximum Gasteiger partial charge on any atom is 0.317 e. The Morgan fingerprint density at radius 2 is 1.79 bits per heavy atom. The first kappa shape index (κ1) is 21.1. The molecular weight excluding hydrogens is 466 g/mol. The molecule has 1 atom stereocenters. The fourth-order valence-corrected chi connectivity index (χ4v) is 5.18. The van der Waals surface area contributed by atoms with Gasteiger partial charge in [0.2, 0.25) is 10.0 Å². The molecule has 1 fully saturated rings. The maximum atomic E-state index is 12.8. The third-order valence-electron chi connectivity index (χ3n) is 4.65. The van der Waals surface area contributed by atoms with Gasteiger partial charge in [-0.05, 0) is 42.8 Å². The van der Waals surface area contributed by atoms with Crippen LogP contribution >= 0.6 is 27.5 Å². The molecule has 2 aromatic rings. The van der Waals surface area contributed by atoms with Gasteiger partial charge in [-0.25, -0.2) is 13.2 Å². The van der Waals surface area contributed by atoms with Crippen molar-refractivity contribution in [1.82, 2.24) is 14.5 Å². The number of rotatable bonds is 4. The second-order valence-electron chi connectivity index (χ2n) is 6.57. The number of carbonyl (C=O) groups excluding carboxylic acids is 1. The van der Waals surface area contributed by atoms with E-state index in [0.29, 0.717) is 18.1 Å². The summed E-state index contributed by atoms with van der Waals surface area (Å²) in [6, 6.07) is 13.6. The van der Waals surface area contributed by atoms with Crippen LogP contribution in [0.5, 0.6) is 0 Å². The van der Waals surface area contributed by atoms with E-state index in [0.717, 1.165) is 10.0 Å². The van der Waals surface area contributed by atoms with Crippen molar-refractivity contribution in [2.24, 2.45) is 0 Å². The quantitative estimate of drug-likeness (QED) is 0.713. The van der Waals surface area contributed by atoms with Gasteiger partial charge in [-0.15, -0.1) is 0 Å². The van der Waals surface area contributed by atoms with Gasteiger partial charge < -0.3 is 10.2 Å². The van der Waals surface area contributed by atoms with Crippen LogP contribution in [-0.2, 0) is 10.0 Å². The zero-order valence-corrected chi connectivity index (χ0v) is 18.5. The van der Waals surface area contributed by atoms with Crippen molar-refractivity contribution in [3.63, 3.8) is 0 Å². The van der Waals surface area contributed by atoms with Gasteiger partial charge in [-0.2, -0.15) is 4.31 Å². The molecule has 0 radical (unpaired) electrons. The molecule has 150 valence electrons. The molecule has 0 aromatic heterocycles. The van der Waals surface area contributed by atoms with Crippen LogP contribution in [0.3, 0.4) is 0 Å². The Labute approximate surface area is 178 Å². The number of piperazine rings is 1. The second-order valence-corrected chi connectivity index (χ2v) is 9.86. The predicted octanol–water partition coefficient (Wildman–Crippen LogP) is 3.88. The summed E-state index contributed by atoms with van der Waals surface area (Å²) in [4.78, 5) is 14.4. The topological polar surface area (TPSA) is 69.7 Å². The lowest BCUT2D eigenvalue weighted by atomic mass is 10.1. The molecule has 1 saturated heterocycles. The summed E-state index contributed by atoms with van der Waals surface area (Å²) in [6.45, 7) is 3.06. The molecule has 3 rings (SSSR count). The number of benzene rings is 2. The van der Waals surface area contributed by atoms with Crippen molar-refractivity contribution in [2.45, 2.75) is 17.9 Å². The van der Waals surface area contributed by atoms with Gasteiger partial charge in [0.25, 0.3) is 0 Å². The monoisotopic (exact) mass is 485 g/mol. The van der Waals surface area contributed by atoms with E-state index >= 15 is 0 Å². The van der Waals surface area contributed by atoms with E-state index in [4.69, 9.17) is 11.6 Å². The van der Waals surface area contributed by atoms with Gasteiger partial charge in [0.15, 0.2) is 0 Å². The molecule has 1 unspecified atom stereocenters. The normalized spacial score (nSPS) is 16.6. The number of halogens is 2. The molecule has 0 spiro atoms. The first-order chi connectivity index (χ1) is 13.3. The Morgan fingerprint density at radius 3 is 2.43 bits per heavy atom. The van der Waals surface area contributed by atoms with Crippen LogP contribution < -0.4 is 5.32 Å². The molecule has 1 aliphatic heterocycles. The van der Waals surface area contributed by atoms with Crippen LogP contribution in [0, 0.1) is 0 Å². The van der Waals surface area contributed by atoms with Crippen LogP contribution in [-0.4, -0.2) is 49.8 Å². The van der Waals surface area contributed by atoms with Gasteiger partial charge in [0.1, 0.15) is 0 Å². The van der Waals surface area contributed by atoms with Crippen LogP contribution in [0.1, 0.15) is 18.5 Å². The second kappa shape index (κ2) is 8.82. The Kier molecular flexibility index (Phi) is 6.65. The van der Waals surface area contributed by atoms with Gasteiger partial charge in [-0.1, -0.05) is 45.7 Å². The molecule has 2 aromatic carbocycles. The summed E-state index contributed by atoms with van der Waals surface area (Å²) >= 11 is 9.34. The number of nitrogens with zero attached hydrogens (tertiary/aromatic N) is 2. The number of urea groups is 1. The predicted molar refractivity (Wildman–Crippen MR) is 113 cm³/mol. The van der Waals surface area contributed by atoms with Crippen molar-refractivity contribution >= 4 is 43.6 Å². The number of hydrogen-bond acceptors (Lipinski definition) is 3. The number of carbonyl (C=O) groups is 1. The Hall–Kier alpha value is -1.61. The summed E-state index contributed by atoms with van der Waals surface area (Å²) in [5.41, 5.74) is 0.991. The number of hydrogen-bond donors (Lipinski definition) is 1. The van der Waals surface area contributed by atoms with Gasteiger partial charge in [0, 0.05) is 35.7 Å². The van der Waals surface area contributed by atoms with E-state index in [2.05, 4.69) is 21.2 Å². The first-order valence-electron chi connectivity index (χ1n) is 8.84. The molecule has 6 nitrogen and oxygen atoms in total. The van der Waals surface area contributed by atoms with E-state index in [1.54, 1.807) is 17.0 Å². The SMILES string of the molecule is CC(NC(=O)N1CCN(S(=O)(=O)c2cccc(Cl)c2)CC1)c1cccc(Br)c1. The minimum Gasteiger partial charge on any atom is -0.331 e.